The molecule has 0 bridgehead atoms. The van der Waals surface area contributed by atoms with Gasteiger partial charge in [0.2, 0.25) is 4.80 Å². The van der Waals surface area contributed by atoms with Gasteiger partial charge in [0, 0.05) is 42.2 Å². The summed E-state index contributed by atoms with van der Waals surface area (Å²) in [5.74, 6) is 0. The summed E-state index contributed by atoms with van der Waals surface area (Å²) in [5, 5.41) is 20.1. The largest absolute Gasteiger partial charge is 0.371 e. The Hall–Kier alpha value is -2.58. The lowest BCUT2D eigenvalue weighted by atomic mass is 10.2. The standard InChI is InChI=1S/C22H25BrN6S/c1-4-29(14-13-23)21-11-9-20(10-12-21)26-25-19-7-5-18(6-8-19)15-24-27-22-28(3)17(2)16-30-22/h5-12,15-16H,4,13-14H2,1-3H3/b24-15+,26-25?,27-22-. The van der Waals surface area contributed by atoms with Crippen LogP contribution in [0, 0.1) is 6.92 Å². The molecule has 0 atom stereocenters. The number of rotatable bonds is 8. The van der Waals surface area contributed by atoms with Crippen LogP contribution in [0.5, 0.6) is 0 Å². The van der Waals surface area contributed by atoms with Crippen molar-refractivity contribution >= 4 is 50.5 Å². The quantitative estimate of drug-likeness (QED) is 0.168. The fourth-order valence-electron chi connectivity index (χ4n) is 2.73. The molecule has 156 valence electrons. The van der Waals surface area contributed by atoms with Gasteiger partial charge < -0.3 is 9.47 Å². The number of hydrogen-bond acceptors (Lipinski definition) is 6. The maximum atomic E-state index is 4.34. The first-order valence-corrected chi connectivity index (χ1v) is 11.7. The van der Waals surface area contributed by atoms with E-state index in [2.05, 4.69) is 65.7 Å². The van der Waals surface area contributed by atoms with Gasteiger partial charge in [0.25, 0.3) is 0 Å². The number of aromatic nitrogens is 1. The number of thiazole rings is 1. The molecule has 0 fully saturated rings. The van der Waals surface area contributed by atoms with Crippen LogP contribution >= 0.6 is 27.3 Å². The molecule has 0 radical (unpaired) electrons. The van der Waals surface area contributed by atoms with E-state index in [1.54, 1.807) is 17.6 Å². The van der Waals surface area contributed by atoms with Crippen LogP contribution in [0.15, 0.2) is 74.3 Å². The van der Waals surface area contributed by atoms with E-state index in [-0.39, 0.29) is 0 Å². The molecule has 6 nitrogen and oxygen atoms in total. The van der Waals surface area contributed by atoms with Crippen molar-refractivity contribution in [1.29, 1.82) is 0 Å². The maximum absolute atomic E-state index is 4.34. The molecule has 0 aliphatic carbocycles. The van der Waals surface area contributed by atoms with Crippen molar-refractivity contribution in [2.45, 2.75) is 13.8 Å². The van der Waals surface area contributed by atoms with Gasteiger partial charge in [-0.1, -0.05) is 28.1 Å². The lowest BCUT2D eigenvalue weighted by Gasteiger charge is -2.21. The molecule has 30 heavy (non-hydrogen) atoms. The zero-order chi connectivity index (χ0) is 21.3. The van der Waals surface area contributed by atoms with Crippen molar-refractivity contribution in [2.75, 3.05) is 23.3 Å². The second-order valence-corrected chi connectivity index (χ2v) is 8.27. The summed E-state index contributed by atoms with van der Waals surface area (Å²) in [5.41, 5.74) is 4.95. The van der Waals surface area contributed by atoms with E-state index >= 15 is 0 Å². The topological polar surface area (TPSA) is 57.6 Å². The first kappa shape index (κ1) is 22.1. The van der Waals surface area contributed by atoms with Gasteiger partial charge in [0.1, 0.15) is 0 Å². The summed E-state index contributed by atoms with van der Waals surface area (Å²) in [6, 6.07) is 15.9. The monoisotopic (exact) mass is 484 g/mol. The first-order valence-electron chi connectivity index (χ1n) is 9.71. The third-order valence-electron chi connectivity index (χ3n) is 4.63. The molecule has 0 aliphatic rings. The van der Waals surface area contributed by atoms with Crippen molar-refractivity contribution in [3.63, 3.8) is 0 Å². The molecule has 1 heterocycles. The van der Waals surface area contributed by atoms with Crippen LogP contribution in [0.2, 0.25) is 0 Å². The van der Waals surface area contributed by atoms with E-state index in [4.69, 9.17) is 0 Å². The van der Waals surface area contributed by atoms with Crippen molar-refractivity contribution < 1.29 is 0 Å². The Morgan fingerprint density at radius 2 is 1.67 bits per heavy atom. The van der Waals surface area contributed by atoms with Crippen LogP contribution in [-0.2, 0) is 7.05 Å². The fourth-order valence-corrected chi connectivity index (χ4v) is 3.99. The van der Waals surface area contributed by atoms with Gasteiger partial charge in [0.15, 0.2) is 0 Å². The highest BCUT2D eigenvalue weighted by Gasteiger charge is 2.02. The van der Waals surface area contributed by atoms with E-state index in [0.717, 1.165) is 40.2 Å². The van der Waals surface area contributed by atoms with E-state index in [9.17, 15) is 0 Å². The number of alkyl halides is 1. The number of benzene rings is 2. The molecule has 1 aromatic heterocycles. The smallest absolute Gasteiger partial charge is 0.210 e. The molecule has 0 amide bonds. The number of anilines is 1. The number of halogens is 1. The molecule has 0 unspecified atom stereocenters. The Balaban J connectivity index is 1.62. The number of aryl methyl sites for hydroxylation is 1. The Kier molecular flexibility index (Phi) is 8.10. The average Bonchev–Trinajstić information content (AvgIpc) is 3.09. The first-order chi connectivity index (χ1) is 14.6. The molecule has 2 aromatic carbocycles. The second-order valence-electron chi connectivity index (χ2n) is 6.64. The minimum absolute atomic E-state index is 0.794. The third-order valence-corrected chi connectivity index (χ3v) is 6.01. The highest BCUT2D eigenvalue weighted by atomic mass is 79.9. The van der Waals surface area contributed by atoms with Gasteiger partial charge in [-0.2, -0.15) is 15.3 Å². The zero-order valence-corrected chi connectivity index (χ0v) is 19.8. The minimum Gasteiger partial charge on any atom is -0.371 e. The summed E-state index contributed by atoms with van der Waals surface area (Å²) < 4.78 is 2.01. The predicted octanol–water partition coefficient (Wildman–Crippen LogP) is 5.97. The lowest BCUT2D eigenvalue weighted by molar-refractivity contribution is 0.820. The molecular formula is C22H25BrN6S. The molecule has 3 rings (SSSR count). The van der Waals surface area contributed by atoms with Crippen LogP contribution in [0.4, 0.5) is 17.1 Å². The van der Waals surface area contributed by atoms with E-state index in [1.165, 1.54) is 11.4 Å². The molecule has 0 saturated heterocycles. The summed E-state index contributed by atoms with van der Waals surface area (Å²) in [7, 11) is 1.98. The number of azo groups is 1. The average molecular weight is 485 g/mol. The van der Waals surface area contributed by atoms with Crippen molar-refractivity contribution in [3.05, 3.63) is 70.0 Å². The Morgan fingerprint density at radius 1 is 1.03 bits per heavy atom. The van der Waals surface area contributed by atoms with E-state index in [0.29, 0.717) is 0 Å². The Labute approximate surface area is 189 Å². The normalized spacial score (nSPS) is 12.3. The SMILES string of the molecule is CCN(CCBr)c1ccc(N=Nc2ccc(/C=N/N=c3\scc(C)n3C)cc2)cc1. The summed E-state index contributed by atoms with van der Waals surface area (Å²) in [6.45, 7) is 6.15. The van der Waals surface area contributed by atoms with Gasteiger partial charge in [-0.05, 0) is 55.8 Å². The molecule has 0 saturated carbocycles. The lowest BCUT2D eigenvalue weighted by Crippen LogP contribution is -2.24. The summed E-state index contributed by atoms with van der Waals surface area (Å²) >= 11 is 5.07. The maximum Gasteiger partial charge on any atom is 0.210 e. The van der Waals surface area contributed by atoms with Crippen molar-refractivity contribution in [1.82, 2.24) is 4.57 Å². The van der Waals surface area contributed by atoms with Crippen LogP contribution in [-0.4, -0.2) is 29.2 Å². The predicted molar refractivity (Wildman–Crippen MR) is 130 cm³/mol. The van der Waals surface area contributed by atoms with Gasteiger partial charge in [-0.15, -0.1) is 16.4 Å². The molecule has 0 aliphatic heterocycles. The Bertz CT molecular complexity index is 1060. The molecular weight excluding hydrogens is 460 g/mol. The summed E-state index contributed by atoms with van der Waals surface area (Å²) in [6.07, 6.45) is 1.74. The highest BCUT2D eigenvalue weighted by molar-refractivity contribution is 9.09. The van der Waals surface area contributed by atoms with E-state index in [1.807, 2.05) is 54.9 Å². The molecule has 8 heteroatoms. The number of hydrogen-bond donors (Lipinski definition) is 0. The van der Waals surface area contributed by atoms with Crippen LogP contribution in [0.25, 0.3) is 0 Å². The van der Waals surface area contributed by atoms with Gasteiger partial charge >= 0.3 is 0 Å². The van der Waals surface area contributed by atoms with Crippen molar-refractivity contribution in [3.8, 4) is 0 Å². The molecule has 0 N–H and O–H groups in total. The number of nitrogens with zero attached hydrogens (tertiary/aromatic N) is 6. The minimum atomic E-state index is 0.794. The Morgan fingerprint density at radius 3 is 2.20 bits per heavy atom. The highest BCUT2D eigenvalue weighted by Crippen LogP contribution is 2.22. The fraction of sp³-hybridized carbons (Fsp3) is 0.273. The second kappa shape index (κ2) is 11.0. The van der Waals surface area contributed by atoms with Crippen LogP contribution < -0.4 is 9.70 Å². The van der Waals surface area contributed by atoms with Gasteiger partial charge in [0.05, 0.1) is 17.6 Å². The zero-order valence-electron chi connectivity index (χ0n) is 17.4. The molecule has 0 spiro atoms. The van der Waals surface area contributed by atoms with Crippen LogP contribution in [0.1, 0.15) is 18.2 Å². The van der Waals surface area contributed by atoms with Crippen LogP contribution in [0.3, 0.4) is 0 Å². The van der Waals surface area contributed by atoms with Crippen molar-refractivity contribution in [2.24, 2.45) is 27.5 Å². The van der Waals surface area contributed by atoms with E-state index < -0.39 is 0 Å². The third kappa shape index (κ3) is 5.96. The molecule has 3 aromatic rings. The summed E-state index contributed by atoms with van der Waals surface area (Å²) in [4.78, 5) is 3.18. The van der Waals surface area contributed by atoms with Gasteiger partial charge in [-0.3, -0.25) is 0 Å². The van der Waals surface area contributed by atoms with Gasteiger partial charge in [-0.25, -0.2) is 0 Å².